The molecule has 3 aromatic rings. The van der Waals surface area contributed by atoms with E-state index in [0.717, 1.165) is 17.7 Å². The molecule has 30 heavy (non-hydrogen) atoms. The van der Waals surface area contributed by atoms with E-state index in [0.29, 0.717) is 30.0 Å². The second-order valence-corrected chi connectivity index (χ2v) is 7.10. The molecule has 4 rings (SSSR count). The Morgan fingerprint density at radius 3 is 2.60 bits per heavy atom. The lowest BCUT2D eigenvalue weighted by molar-refractivity contribution is -0.117. The van der Waals surface area contributed by atoms with Gasteiger partial charge >= 0.3 is 0 Å². The fourth-order valence-corrected chi connectivity index (χ4v) is 3.35. The maximum absolute atomic E-state index is 13.0. The van der Waals surface area contributed by atoms with Crippen molar-refractivity contribution in [2.75, 3.05) is 16.8 Å². The average Bonchev–Trinajstić information content (AvgIpc) is 3.20. The summed E-state index contributed by atoms with van der Waals surface area (Å²) >= 11 is 0. The van der Waals surface area contributed by atoms with Gasteiger partial charge in [-0.3, -0.25) is 9.59 Å². The van der Waals surface area contributed by atoms with Gasteiger partial charge in [-0.25, -0.2) is 4.39 Å². The molecule has 1 heterocycles. The molecule has 0 aromatic heterocycles. The van der Waals surface area contributed by atoms with Crippen LogP contribution in [0.2, 0.25) is 0 Å². The van der Waals surface area contributed by atoms with Crippen molar-refractivity contribution in [1.82, 2.24) is 0 Å². The smallest absolute Gasteiger partial charge is 0.255 e. The van der Waals surface area contributed by atoms with Crippen LogP contribution in [-0.2, 0) is 11.4 Å². The summed E-state index contributed by atoms with van der Waals surface area (Å²) in [5, 5.41) is 2.87. The fourth-order valence-electron chi connectivity index (χ4n) is 3.35. The Morgan fingerprint density at radius 1 is 1.03 bits per heavy atom. The van der Waals surface area contributed by atoms with E-state index in [1.807, 2.05) is 12.1 Å². The summed E-state index contributed by atoms with van der Waals surface area (Å²) in [6.45, 7) is 0.973. The number of carbonyl (C=O) groups is 2. The van der Waals surface area contributed by atoms with Gasteiger partial charge in [0.1, 0.15) is 18.2 Å². The number of hydrogen-bond donors (Lipinski definition) is 1. The molecule has 1 aliphatic heterocycles. The first-order valence-corrected chi connectivity index (χ1v) is 9.77. The molecule has 1 N–H and O–H groups in total. The molecule has 0 spiro atoms. The van der Waals surface area contributed by atoms with Crippen molar-refractivity contribution in [3.05, 3.63) is 89.7 Å². The minimum Gasteiger partial charge on any atom is -0.489 e. The molecule has 0 saturated carbocycles. The van der Waals surface area contributed by atoms with E-state index in [1.54, 1.807) is 53.4 Å². The Morgan fingerprint density at radius 2 is 1.83 bits per heavy atom. The van der Waals surface area contributed by atoms with Gasteiger partial charge in [-0.05, 0) is 60.5 Å². The molecular weight excluding hydrogens is 383 g/mol. The average molecular weight is 404 g/mol. The quantitative estimate of drug-likeness (QED) is 0.643. The molecule has 152 valence electrons. The molecular formula is C24H21FN2O3. The minimum absolute atomic E-state index is 0.101. The van der Waals surface area contributed by atoms with Crippen LogP contribution >= 0.6 is 0 Å². The van der Waals surface area contributed by atoms with Gasteiger partial charge in [0, 0.05) is 29.9 Å². The molecule has 3 aromatic carbocycles. The number of carbonyl (C=O) groups excluding carboxylic acids is 2. The maximum Gasteiger partial charge on any atom is 0.255 e. The summed E-state index contributed by atoms with van der Waals surface area (Å²) in [6.07, 6.45) is 1.40. The van der Waals surface area contributed by atoms with Crippen LogP contribution < -0.4 is 15.0 Å². The third-order valence-electron chi connectivity index (χ3n) is 4.90. The molecule has 0 aliphatic carbocycles. The van der Waals surface area contributed by atoms with Crippen molar-refractivity contribution in [2.24, 2.45) is 0 Å². The molecule has 1 saturated heterocycles. The summed E-state index contributed by atoms with van der Waals surface area (Å²) < 4.78 is 18.7. The number of rotatable bonds is 6. The number of ether oxygens (including phenoxy) is 1. The van der Waals surface area contributed by atoms with Gasteiger partial charge in [0.2, 0.25) is 5.91 Å². The van der Waals surface area contributed by atoms with Gasteiger partial charge in [0.05, 0.1) is 0 Å². The van der Waals surface area contributed by atoms with E-state index in [1.165, 1.54) is 12.1 Å². The van der Waals surface area contributed by atoms with Crippen LogP contribution in [0.5, 0.6) is 5.75 Å². The number of hydrogen-bond acceptors (Lipinski definition) is 3. The lowest BCUT2D eigenvalue weighted by Gasteiger charge is -2.17. The lowest BCUT2D eigenvalue weighted by atomic mass is 10.2. The number of nitrogens with one attached hydrogen (secondary N) is 1. The third kappa shape index (κ3) is 4.66. The van der Waals surface area contributed by atoms with Crippen LogP contribution in [0.4, 0.5) is 15.8 Å². The zero-order chi connectivity index (χ0) is 20.9. The highest BCUT2D eigenvalue weighted by atomic mass is 19.1. The Kier molecular flexibility index (Phi) is 5.75. The van der Waals surface area contributed by atoms with Crippen molar-refractivity contribution < 1.29 is 18.7 Å². The molecule has 1 aliphatic rings. The van der Waals surface area contributed by atoms with Gasteiger partial charge < -0.3 is 15.0 Å². The minimum atomic E-state index is -0.296. The predicted molar refractivity (Wildman–Crippen MR) is 113 cm³/mol. The standard InChI is InChI=1S/C24H21FN2O3/c25-19-11-9-17(10-12-19)16-30-22-7-1-4-18(14-22)24(29)26-20-5-2-6-21(15-20)27-13-3-8-23(27)28/h1-2,4-7,9-12,14-15H,3,8,13,16H2,(H,26,29). The second kappa shape index (κ2) is 8.78. The van der Waals surface area contributed by atoms with E-state index >= 15 is 0 Å². The topological polar surface area (TPSA) is 58.6 Å². The Bertz CT molecular complexity index is 1070. The second-order valence-electron chi connectivity index (χ2n) is 7.10. The van der Waals surface area contributed by atoms with Crippen molar-refractivity contribution in [2.45, 2.75) is 19.4 Å². The highest BCUT2D eigenvalue weighted by molar-refractivity contribution is 6.05. The van der Waals surface area contributed by atoms with Crippen molar-refractivity contribution in [3.63, 3.8) is 0 Å². The van der Waals surface area contributed by atoms with Crippen molar-refractivity contribution in [3.8, 4) is 5.75 Å². The van der Waals surface area contributed by atoms with Gasteiger partial charge in [0.25, 0.3) is 5.91 Å². The monoisotopic (exact) mass is 404 g/mol. The van der Waals surface area contributed by atoms with E-state index in [4.69, 9.17) is 4.74 Å². The van der Waals surface area contributed by atoms with Crippen LogP contribution in [0.1, 0.15) is 28.8 Å². The predicted octanol–water partition coefficient (Wildman–Crippen LogP) is 4.78. The molecule has 0 bridgehead atoms. The SMILES string of the molecule is O=C(Nc1cccc(N2CCCC2=O)c1)c1cccc(OCc2ccc(F)cc2)c1. The highest BCUT2D eigenvalue weighted by Gasteiger charge is 2.21. The zero-order valence-corrected chi connectivity index (χ0v) is 16.3. The summed E-state index contributed by atoms with van der Waals surface area (Å²) in [6, 6.07) is 20.2. The van der Waals surface area contributed by atoms with Crippen LogP contribution in [0.15, 0.2) is 72.8 Å². The number of nitrogens with zero attached hydrogens (tertiary/aromatic N) is 1. The fraction of sp³-hybridized carbons (Fsp3) is 0.167. The Labute approximate surface area is 174 Å². The summed E-state index contributed by atoms with van der Waals surface area (Å²) in [5.41, 5.74) is 2.69. The molecule has 0 atom stereocenters. The molecule has 0 unspecified atom stereocenters. The van der Waals surface area contributed by atoms with Gasteiger partial charge in [-0.2, -0.15) is 0 Å². The van der Waals surface area contributed by atoms with Crippen molar-refractivity contribution in [1.29, 1.82) is 0 Å². The van der Waals surface area contributed by atoms with Crippen LogP contribution in [0, 0.1) is 5.82 Å². The number of benzene rings is 3. The zero-order valence-electron chi connectivity index (χ0n) is 16.3. The number of halogens is 1. The molecule has 0 radical (unpaired) electrons. The molecule has 6 heteroatoms. The number of anilines is 2. The van der Waals surface area contributed by atoms with Crippen molar-refractivity contribution >= 4 is 23.2 Å². The normalized spacial score (nSPS) is 13.4. The van der Waals surface area contributed by atoms with E-state index in [9.17, 15) is 14.0 Å². The largest absolute Gasteiger partial charge is 0.489 e. The molecule has 1 fully saturated rings. The maximum atomic E-state index is 13.0. The summed E-state index contributed by atoms with van der Waals surface area (Å²) in [7, 11) is 0. The van der Waals surface area contributed by atoms with Crippen LogP contribution in [0.3, 0.4) is 0 Å². The van der Waals surface area contributed by atoms with Gasteiger partial charge in [0.15, 0.2) is 0 Å². The summed E-state index contributed by atoms with van der Waals surface area (Å²) in [5.74, 6) is 0.0792. The first kappa shape index (κ1) is 19.6. The Balaban J connectivity index is 1.42. The molecule has 2 amide bonds. The lowest BCUT2D eigenvalue weighted by Crippen LogP contribution is -2.23. The number of amides is 2. The van der Waals surface area contributed by atoms with Crippen LogP contribution in [0.25, 0.3) is 0 Å². The van der Waals surface area contributed by atoms with Gasteiger partial charge in [-0.1, -0.05) is 24.3 Å². The van der Waals surface area contributed by atoms with E-state index in [2.05, 4.69) is 5.32 Å². The van der Waals surface area contributed by atoms with E-state index < -0.39 is 0 Å². The Hall–Kier alpha value is -3.67. The van der Waals surface area contributed by atoms with Crippen LogP contribution in [-0.4, -0.2) is 18.4 Å². The van der Waals surface area contributed by atoms with E-state index in [-0.39, 0.29) is 24.2 Å². The highest BCUT2D eigenvalue weighted by Crippen LogP contribution is 2.25. The third-order valence-corrected chi connectivity index (χ3v) is 4.90. The van der Waals surface area contributed by atoms with Gasteiger partial charge in [-0.15, -0.1) is 0 Å². The first-order valence-electron chi connectivity index (χ1n) is 9.77. The molecule has 5 nitrogen and oxygen atoms in total. The first-order chi connectivity index (χ1) is 14.6. The summed E-state index contributed by atoms with van der Waals surface area (Å²) in [4.78, 5) is 26.4.